The Hall–Kier alpha value is -2.13. The van der Waals surface area contributed by atoms with Crippen LogP contribution in [-0.2, 0) is 6.42 Å². The number of rotatable bonds is 1. The van der Waals surface area contributed by atoms with Crippen molar-refractivity contribution in [2.75, 3.05) is 0 Å². The summed E-state index contributed by atoms with van der Waals surface area (Å²) in [6.45, 7) is 0. The summed E-state index contributed by atoms with van der Waals surface area (Å²) in [5.74, 6) is 0.899. The van der Waals surface area contributed by atoms with Crippen LogP contribution in [0.3, 0.4) is 0 Å². The lowest BCUT2D eigenvalue weighted by Gasteiger charge is -2.18. The summed E-state index contributed by atoms with van der Waals surface area (Å²) < 4.78 is 2.20. The van der Waals surface area contributed by atoms with Crippen LogP contribution in [0, 0.1) is 0 Å². The molecule has 1 N–H and O–H groups in total. The molecule has 1 aliphatic rings. The van der Waals surface area contributed by atoms with E-state index in [1.165, 1.54) is 49.5 Å². The number of pyridine rings is 1. The van der Waals surface area contributed by atoms with Crippen molar-refractivity contribution in [3.05, 3.63) is 59.9 Å². The number of aryl methyl sites for hydroxylation is 1. The Morgan fingerprint density at radius 1 is 0.846 bits per heavy atom. The highest BCUT2D eigenvalue weighted by Crippen LogP contribution is 2.36. The second-order valence-electron chi connectivity index (χ2n) is 7.43. The van der Waals surface area contributed by atoms with E-state index in [0.717, 1.165) is 36.3 Å². The highest BCUT2D eigenvalue weighted by Gasteiger charge is 2.23. The maximum absolute atomic E-state index is 11.1. The molecule has 2 heterocycles. The van der Waals surface area contributed by atoms with Crippen LogP contribution in [0.2, 0.25) is 0 Å². The molecule has 0 aliphatic heterocycles. The van der Waals surface area contributed by atoms with E-state index in [-0.39, 0.29) is 0 Å². The molecule has 0 saturated carbocycles. The van der Waals surface area contributed by atoms with Crippen LogP contribution in [0.25, 0.3) is 16.7 Å². The quantitative estimate of drug-likeness (QED) is 0.609. The summed E-state index contributed by atoms with van der Waals surface area (Å²) in [5, 5.41) is 12.4. The predicted molar refractivity (Wildman–Crippen MR) is 107 cm³/mol. The molecular weight excluding hydrogens is 320 g/mol. The summed E-state index contributed by atoms with van der Waals surface area (Å²) in [5.41, 5.74) is 3.54. The van der Waals surface area contributed by atoms with Gasteiger partial charge >= 0.3 is 0 Å². The van der Waals surface area contributed by atoms with Crippen molar-refractivity contribution in [2.24, 2.45) is 0 Å². The molecule has 2 aromatic heterocycles. The van der Waals surface area contributed by atoms with Crippen molar-refractivity contribution in [2.45, 2.75) is 63.9 Å². The van der Waals surface area contributed by atoms with E-state index in [4.69, 9.17) is 0 Å². The molecule has 3 heteroatoms. The van der Waals surface area contributed by atoms with E-state index < -0.39 is 6.10 Å². The fraction of sp³-hybridized carbons (Fsp3) is 0.435. The highest BCUT2D eigenvalue weighted by atomic mass is 16.3. The molecule has 136 valence electrons. The minimum absolute atomic E-state index is 0.432. The third kappa shape index (κ3) is 3.41. The highest BCUT2D eigenvalue weighted by molar-refractivity contribution is 5.87. The fourth-order valence-electron chi connectivity index (χ4n) is 4.33. The Kier molecular flexibility index (Phi) is 5.35. The fourth-order valence-corrected chi connectivity index (χ4v) is 4.33. The molecule has 0 saturated heterocycles. The van der Waals surface area contributed by atoms with E-state index in [1.54, 1.807) is 0 Å². The molecule has 3 aromatic rings. The van der Waals surface area contributed by atoms with E-state index in [1.807, 2.05) is 24.4 Å². The molecule has 26 heavy (non-hydrogen) atoms. The number of benzene rings is 1. The summed E-state index contributed by atoms with van der Waals surface area (Å²) in [6.07, 6.45) is 12.0. The number of hydrogen-bond acceptors (Lipinski definition) is 2. The third-order valence-electron chi connectivity index (χ3n) is 5.62. The van der Waals surface area contributed by atoms with E-state index in [0.29, 0.717) is 0 Å². The van der Waals surface area contributed by atoms with Gasteiger partial charge in [-0.1, -0.05) is 62.8 Å². The largest absolute Gasteiger partial charge is 0.387 e. The van der Waals surface area contributed by atoms with Gasteiger partial charge in [0.05, 0.1) is 17.3 Å². The van der Waals surface area contributed by atoms with Gasteiger partial charge in [0.1, 0.15) is 5.82 Å². The van der Waals surface area contributed by atoms with Gasteiger partial charge in [-0.3, -0.25) is 4.57 Å². The monoisotopic (exact) mass is 348 g/mol. The second kappa shape index (κ2) is 8.05. The van der Waals surface area contributed by atoms with Gasteiger partial charge in [0.2, 0.25) is 0 Å². The Labute approximate surface area is 155 Å². The molecular formula is C23H28N2O. The number of nitrogens with zero attached hydrogens (tertiary/aromatic N) is 2. The van der Waals surface area contributed by atoms with Crippen LogP contribution >= 0.6 is 0 Å². The zero-order chi connectivity index (χ0) is 17.8. The molecule has 1 aromatic carbocycles. The number of para-hydroxylation sites is 1. The van der Waals surface area contributed by atoms with Crippen molar-refractivity contribution in [3.8, 4) is 5.82 Å². The van der Waals surface area contributed by atoms with Crippen LogP contribution in [0.5, 0.6) is 0 Å². The zero-order valence-corrected chi connectivity index (χ0v) is 15.4. The zero-order valence-electron chi connectivity index (χ0n) is 15.4. The van der Waals surface area contributed by atoms with Gasteiger partial charge in [0, 0.05) is 11.6 Å². The molecule has 0 amide bonds. The van der Waals surface area contributed by atoms with Crippen LogP contribution in [0.1, 0.15) is 68.7 Å². The van der Waals surface area contributed by atoms with Crippen molar-refractivity contribution in [3.63, 3.8) is 0 Å². The Morgan fingerprint density at radius 2 is 1.58 bits per heavy atom. The van der Waals surface area contributed by atoms with Crippen LogP contribution in [0.15, 0.2) is 48.7 Å². The number of fused-ring (bicyclic) bond motifs is 3. The third-order valence-corrected chi connectivity index (χ3v) is 5.62. The first kappa shape index (κ1) is 17.3. The standard InChI is InChI=1S/C23H28N2O/c26-21-15-7-5-3-1-2-4-6-13-19-18-12-8-9-14-20(18)25(23(19)21)22-16-10-11-17-24-22/h8-12,14,16-17,21,26H,1-7,13,15H2. The first-order valence-corrected chi connectivity index (χ1v) is 10.1. The predicted octanol–water partition coefficient (Wildman–Crippen LogP) is 5.74. The number of aromatic nitrogens is 2. The van der Waals surface area contributed by atoms with Gasteiger partial charge < -0.3 is 5.11 Å². The molecule has 1 unspecified atom stereocenters. The summed E-state index contributed by atoms with van der Waals surface area (Å²) in [4.78, 5) is 4.60. The molecule has 3 nitrogen and oxygen atoms in total. The Bertz CT molecular complexity index is 853. The minimum Gasteiger partial charge on any atom is -0.387 e. The summed E-state index contributed by atoms with van der Waals surface area (Å²) in [6, 6.07) is 14.5. The number of hydrogen-bond donors (Lipinski definition) is 1. The molecule has 0 spiro atoms. The average Bonchev–Trinajstić information content (AvgIpc) is 3.00. The van der Waals surface area contributed by atoms with Gasteiger partial charge in [-0.2, -0.15) is 0 Å². The van der Waals surface area contributed by atoms with Gasteiger partial charge in [0.15, 0.2) is 0 Å². The molecule has 0 fully saturated rings. The first-order chi connectivity index (χ1) is 12.9. The van der Waals surface area contributed by atoms with Crippen molar-refractivity contribution >= 4 is 10.9 Å². The lowest BCUT2D eigenvalue weighted by Crippen LogP contribution is -2.10. The Morgan fingerprint density at radius 3 is 2.38 bits per heavy atom. The van der Waals surface area contributed by atoms with Gasteiger partial charge in [0.25, 0.3) is 0 Å². The number of aliphatic hydroxyl groups excluding tert-OH is 1. The minimum atomic E-state index is -0.432. The molecule has 0 bridgehead atoms. The van der Waals surface area contributed by atoms with Gasteiger partial charge in [-0.25, -0.2) is 4.98 Å². The maximum Gasteiger partial charge on any atom is 0.137 e. The molecule has 0 radical (unpaired) electrons. The average molecular weight is 348 g/mol. The molecule has 1 atom stereocenters. The van der Waals surface area contributed by atoms with Crippen LogP contribution in [-0.4, -0.2) is 14.7 Å². The Balaban J connectivity index is 1.89. The van der Waals surface area contributed by atoms with Crippen LogP contribution < -0.4 is 0 Å². The van der Waals surface area contributed by atoms with E-state index in [2.05, 4.69) is 33.8 Å². The SMILES string of the molecule is OC1CCCCCCCCCc2c1n(-c1ccccn1)c1ccccc21. The van der Waals surface area contributed by atoms with E-state index >= 15 is 0 Å². The summed E-state index contributed by atoms with van der Waals surface area (Å²) >= 11 is 0. The normalized spacial score (nSPS) is 19.5. The second-order valence-corrected chi connectivity index (χ2v) is 7.43. The lowest BCUT2D eigenvalue weighted by atomic mass is 9.96. The smallest absolute Gasteiger partial charge is 0.137 e. The molecule has 4 rings (SSSR count). The van der Waals surface area contributed by atoms with E-state index in [9.17, 15) is 5.11 Å². The van der Waals surface area contributed by atoms with Crippen molar-refractivity contribution in [1.29, 1.82) is 0 Å². The maximum atomic E-state index is 11.1. The van der Waals surface area contributed by atoms with Crippen molar-refractivity contribution < 1.29 is 5.11 Å². The number of aliphatic hydroxyl groups is 1. The van der Waals surface area contributed by atoms with Crippen LogP contribution in [0.4, 0.5) is 0 Å². The van der Waals surface area contributed by atoms with Crippen molar-refractivity contribution in [1.82, 2.24) is 9.55 Å². The topological polar surface area (TPSA) is 38.0 Å². The van der Waals surface area contributed by atoms with Gasteiger partial charge in [-0.15, -0.1) is 0 Å². The lowest BCUT2D eigenvalue weighted by molar-refractivity contribution is 0.155. The first-order valence-electron chi connectivity index (χ1n) is 10.1. The molecule has 1 aliphatic carbocycles. The summed E-state index contributed by atoms with van der Waals surface area (Å²) in [7, 11) is 0. The van der Waals surface area contributed by atoms with Gasteiger partial charge in [-0.05, 0) is 43.0 Å².